The quantitative estimate of drug-likeness (QED) is 0.670. The summed E-state index contributed by atoms with van der Waals surface area (Å²) in [7, 11) is -3.60. The van der Waals surface area contributed by atoms with E-state index >= 15 is 0 Å². The Kier molecular flexibility index (Phi) is 5.80. The van der Waals surface area contributed by atoms with Gasteiger partial charge in [0.05, 0.1) is 30.2 Å². The fourth-order valence-corrected chi connectivity index (χ4v) is 6.21. The molecule has 2 aliphatic heterocycles. The van der Waals surface area contributed by atoms with Crippen LogP contribution in [0.15, 0.2) is 36.4 Å². The van der Waals surface area contributed by atoms with Gasteiger partial charge in [-0.3, -0.25) is 4.79 Å². The molecule has 0 aromatic heterocycles. The number of carbonyl (C=O) groups excluding carboxylic acids is 1. The second kappa shape index (κ2) is 8.53. The molecule has 1 saturated heterocycles. The van der Waals surface area contributed by atoms with Gasteiger partial charge < -0.3 is 15.0 Å². The molecule has 2 N–H and O–H groups in total. The minimum absolute atomic E-state index is 0.0599. The highest BCUT2D eigenvalue weighted by Crippen LogP contribution is 2.45. The van der Waals surface area contributed by atoms with E-state index in [2.05, 4.69) is 23.9 Å². The molecule has 1 aliphatic carbocycles. The molecule has 2 heterocycles. The summed E-state index contributed by atoms with van der Waals surface area (Å²) in [6.07, 6.45) is 1.88. The van der Waals surface area contributed by atoms with Crippen LogP contribution in [0.4, 0.5) is 15.8 Å². The van der Waals surface area contributed by atoms with Crippen molar-refractivity contribution in [3.8, 4) is 0 Å². The number of nitrogens with zero attached hydrogens (tertiary/aromatic N) is 1. The average molecular weight is 488 g/mol. The summed E-state index contributed by atoms with van der Waals surface area (Å²) < 4.78 is 46.6. The van der Waals surface area contributed by atoms with Crippen LogP contribution in [0.25, 0.3) is 0 Å². The molecule has 0 bridgehead atoms. The number of halogens is 1. The molecule has 3 aliphatic rings. The fourth-order valence-electron chi connectivity index (χ4n) is 4.91. The van der Waals surface area contributed by atoms with E-state index in [0.29, 0.717) is 56.8 Å². The highest BCUT2D eigenvalue weighted by Gasteiger charge is 2.38. The van der Waals surface area contributed by atoms with Gasteiger partial charge in [-0.05, 0) is 66.1 Å². The molecular weight excluding hydrogens is 457 g/mol. The van der Waals surface area contributed by atoms with E-state index in [9.17, 15) is 17.6 Å². The third-order valence-corrected chi connectivity index (χ3v) is 8.77. The second-order valence-electron chi connectivity index (χ2n) is 10.1. The Hall–Kier alpha value is -2.65. The van der Waals surface area contributed by atoms with Crippen LogP contribution in [0.5, 0.6) is 0 Å². The van der Waals surface area contributed by atoms with E-state index in [4.69, 9.17) is 4.74 Å². The van der Waals surface area contributed by atoms with E-state index in [-0.39, 0.29) is 17.3 Å². The molecule has 2 fully saturated rings. The third kappa shape index (κ3) is 4.51. The van der Waals surface area contributed by atoms with Crippen LogP contribution in [0, 0.1) is 11.2 Å². The molecule has 2 aromatic carbocycles. The largest absolute Gasteiger partial charge is 0.378 e. The summed E-state index contributed by atoms with van der Waals surface area (Å²) in [4.78, 5) is 14.6. The fraction of sp³-hybridized carbons (Fsp3) is 0.480. The van der Waals surface area contributed by atoms with E-state index in [0.717, 1.165) is 16.8 Å². The predicted octanol–water partition coefficient (Wildman–Crippen LogP) is 3.62. The summed E-state index contributed by atoms with van der Waals surface area (Å²) >= 11 is 0. The van der Waals surface area contributed by atoms with Crippen LogP contribution in [-0.4, -0.2) is 45.9 Å². The van der Waals surface area contributed by atoms with Crippen LogP contribution >= 0.6 is 0 Å². The van der Waals surface area contributed by atoms with Gasteiger partial charge in [0.15, 0.2) is 0 Å². The number of amides is 1. The minimum Gasteiger partial charge on any atom is -0.378 e. The minimum atomic E-state index is -3.60. The average Bonchev–Trinajstić information content (AvgIpc) is 3.65. The summed E-state index contributed by atoms with van der Waals surface area (Å²) in [5.74, 6) is -0.834. The molecule has 5 rings (SSSR count). The molecule has 182 valence electrons. The molecule has 0 spiro atoms. The van der Waals surface area contributed by atoms with E-state index in [1.54, 1.807) is 12.1 Å². The zero-order chi connectivity index (χ0) is 24.1. The Balaban J connectivity index is 1.39. The van der Waals surface area contributed by atoms with Crippen LogP contribution in [0.1, 0.15) is 54.2 Å². The smallest absolute Gasteiger partial charge is 0.264 e. The predicted molar refractivity (Wildman–Crippen MR) is 129 cm³/mol. The maximum atomic E-state index is 14.7. The topological polar surface area (TPSA) is 87.7 Å². The van der Waals surface area contributed by atoms with Crippen LogP contribution in [0.3, 0.4) is 0 Å². The number of fused-ring (bicyclic) bond motifs is 1. The van der Waals surface area contributed by atoms with Crippen molar-refractivity contribution in [2.75, 3.05) is 36.5 Å². The number of carbonyl (C=O) groups is 1. The van der Waals surface area contributed by atoms with Crippen LogP contribution in [-0.2, 0) is 21.2 Å². The molecule has 2 aromatic rings. The highest BCUT2D eigenvalue weighted by atomic mass is 32.2. The van der Waals surface area contributed by atoms with Gasteiger partial charge in [-0.25, -0.2) is 17.5 Å². The third-order valence-electron chi connectivity index (χ3n) is 6.95. The molecular formula is C25H30FN3O4S. The maximum absolute atomic E-state index is 14.7. The van der Waals surface area contributed by atoms with Gasteiger partial charge in [0, 0.05) is 24.3 Å². The number of nitrogens with one attached hydrogen (secondary N) is 2. The van der Waals surface area contributed by atoms with E-state index in [1.165, 1.54) is 6.07 Å². The maximum Gasteiger partial charge on any atom is 0.264 e. The number of benzene rings is 2. The first-order chi connectivity index (χ1) is 16.1. The number of morpholine rings is 1. The van der Waals surface area contributed by atoms with Crippen molar-refractivity contribution in [1.29, 1.82) is 0 Å². The first-order valence-electron chi connectivity index (χ1n) is 11.7. The number of hydrogen-bond donors (Lipinski definition) is 2. The first-order valence-corrected chi connectivity index (χ1v) is 13.3. The zero-order valence-electron chi connectivity index (χ0n) is 19.4. The highest BCUT2D eigenvalue weighted by molar-refractivity contribution is 7.91. The summed E-state index contributed by atoms with van der Waals surface area (Å²) in [6.45, 7) is 6.76. The SMILES string of the molecule is CC1(C)Cc2cc(C(=O)NS(=O)(=O)C3CC3)ccc2NC1c1ccc(F)c(N2CCOCC2)c1. The van der Waals surface area contributed by atoms with Gasteiger partial charge in [-0.2, -0.15) is 0 Å². The van der Waals surface area contributed by atoms with Gasteiger partial charge in [0.1, 0.15) is 5.82 Å². The van der Waals surface area contributed by atoms with Gasteiger partial charge in [0.25, 0.3) is 5.91 Å². The Morgan fingerprint density at radius 1 is 1.15 bits per heavy atom. The monoisotopic (exact) mass is 487 g/mol. The van der Waals surface area contributed by atoms with Gasteiger partial charge in [-0.15, -0.1) is 0 Å². The lowest BCUT2D eigenvalue weighted by molar-refractivity contribution is 0.0981. The van der Waals surface area contributed by atoms with Crippen molar-refractivity contribution in [3.63, 3.8) is 0 Å². The molecule has 9 heteroatoms. The molecule has 1 saturated carbocycles. The lowest BCUT2D eigenvalue weighted by Gasteiger charge is -2.42. The summed E-state index contributed by atoms with van der Waals surface area (Å²) in [5, 5.41) is 3.13. The van der Waals surface area contributed by atoms with Crippen molar-refractivity contribution in [2.45, 2.75) is 44.4 Å². The number of ether oxygens (including phenoxy) is 1. The first kappa shape index (κ1) is 23.1. The summed E-state index contributed by atoms with van der Waals surface area (Å²) in [6, 6.07) is 10.5. The molecule has 1 amide bonds. The normalized spacial score (nSPS) is 22.0. The van der Waals surface area contributed by atoms with E-state index in [1.807, 2.05) is 23.1 Å². The Morgan fingerprint density at radius 2 is 1.88 bits per heavy atom. The number of rotatable bonds is 5. The van der Waals surface area contributed by atoms with Crippen molar-refractivity contribution in [1.82, 2.24) is 4.72 Å². The Labute approximate surface area is 199 Å². The molecule has 0 radical (unpaired) electrons. The molecule has 7 nitrogen and oxygen atoms in total. The summed E-state index contributed by atoms with van der Waals surface area (Å²) in [5.41, 5.74) is 3.53. The molecule has 1 unspecified atom stereocenters. The van der Waals surface area contributed by atoms with Gasteiger partial charge in [-0.1, -0.05) is 19.9 Å². The number of sulfonamides is 1. The Morgan fingerprint density at radius 3 is 2.59 bits per heavy atom. The molecule has 1 atom stereocenters. The standard InChI is InChI=1S/C25H30FN3O4S/c1-25(2)15-18-13-17(24(30)28-34(31,32)19-5-6-19)4-8-21(18)27-23(25)16-3-7-20(26)22(14-16)29-9-11-33-12-10-29/h3-4,7-8,13-14,19,23,27H,5-6,9-12,15H2,1-2H3,(H,28,30). The van der Waals surface area contributed by atoms with E-state index < -0.39 is 21.2 Å². The van der Waals surface area contributed by atoms with Crippen molar-refractivity contribution in [2.24, 2.45) is 5.41 Å². The lowest BCUT2D eigenvalue weighted by atomic mass is 9.72. The van der Waals surface area contributed by atoms with Gasteiger partial charge in [0.2, 0.25) is 10.0 Å². The molecule has 34 heavy (non-hydrogen) atoms. The Bertz CT molecular complexity index is 1220. The lowest BCUT2D eigenvalue weighted by Crippen LogP contribution is -2.38. The van der Waals surface area contributed by atoms with Crippen molar-refractivity contribution >= 4 is 27.3 Å². The number of anilines is 2. The zero-order valence-corrected chi connectivity index (χ0v) is 20.3. The van der Waals surface area contributed by atoms with Crippen LogP contribution < -0.4 is 14.9 Å². The van der Waals surface area contributed by atoms with Crippen LogP contribution in [0.2, 0.25) is 0 Å². The van der Waals surface area contributed by atoms with Crippen molar-refractivity contribution in [3.05, 3.63) is 58.9 Å². The van der Waals surface area contributed by atoms with Gasteiger partial charge >= 0.3 is 0 Å². The number of hydrogen-bond acceptors (Lipinski definition) is 6. The second-order valence-corrected chi connectivity index (χ2v) is 12.1. The van der Waals surface area contributed by atoms with Crippen molar-refractivity contribution < 1.29 is 22.3 Å².